The van der Waals surface area contributed by atoms with Gasteiger partial charge in [0.25, 0.3) is 0 Å². The molecule has 0 aliphatic carbocycles. The van der Waals surface area contributed by atoms with Crippen molar-refractivity contribution < 1.29 is 19.4 Å². The van der Waals surface area contributed by atoms with Crippen LogP contribution < -0.4 is 9.47 Å². The minimum absolute atomic E-state index is 0.0813. The van der Waals surface area contributed by atoms with E-state index in [4.69, 9.17) is 14.5 Å². The van der Waals surface area contributed by atoms with E-state index in [1.54, 1.807) is 0 Å². The fourth-order valence-corrected chi connectivity index (χ4v) is 4.99. The number of benzene rings is 5. The molecule has 0 saturated heterocycles. The van der Waals surface area contributed by atoms with E-state index in [-0.39, 0.29) is 18.9 Å². The van der Waals surface area contributed by atoms with Gasteiger partial charge in [-0.2, -0.15) is 0 Å². The van der Waals surface area contributed by atoms with Crippen molar-refractivity contribution >= 4 is 16.9 Å². The normalized spacial score (nSPS) is 10.5. The Morgan fingerprint density at radius 3 is 1.70 bits per heavy atom. The fourth-order valence-electron chi connectivity index (χ4n) is 4.99. The first kappa shape index (κ1) is 28.3. The molecule has 1 heterocycles. The third kappa shape index (κ3) is 6.61. The number of nitrogens with zero attached hydrogens (tertiary/aromatic N) is 1. The van der Waals surface area contributed by atoms with Gasteiger partial charge < -0.3 is 14.6 Å². The van der Waals surface area contributed by atoms with Gasteiger partial charge >= 0.3 is 5.97 Å². The van der Waals surface area contributed by atoms with E-state index in [2.05, 4.69) is 11.8 Å². The molecule has 0 amide bonds. The lowest BCUT2D eigenvalue weighted by Gasteiger charge is -2.19. The van der Waals surface area contributed by atoms with Crippen LogP contribution in [0.15, 0.2) is 133 Å². The number of carboxylic acids is 1. The number of hydrogen-bond donors (Lipinski definition) is 1. The number of ether oxygens (including phenoxy) is 2. The van der Waals surface area contributed by atoms with Crippen molar-refractivity contribution in [2.75, 3.05) is 0 Å². The predicted molar refractivity (Wildman–Crippen MR) is 172 cm³/mol. The second kappa shape index (κ2) is 13.4. The first-order valence-electron chi connectivity index (χ1n) is 14.3. The van der Waals surface area contributed by atoms with Crippen molar-refractivity contribution in [3.8, 4) is 23.3 Å². The zero-order chi connectivity index (χ0) is 30.1. The second-order valence-electron chi connectivity index (χ2n) is 10.2. The summed E-state index contributed by atoms with van der Waals surface area (Å²) in [7, 11) is 0. The van der Waals surface area contributed by atoms with E-state index in [1.165, 1.54) is 0 Å². The molecule has 0 atom stereocenters. The molecule has 5 aromatic carbocycles. The Balaban J connectivity index is 1.55. The molecule has 5 heteroatoms. The van der Waals surface area contributed by atoms with Crippen LogP contribution in [-0.2, 0) is 19.6 Å². The Labute approximate surface area is 256 Å². The van der Waals surface area contributed by atoms with Crippen molar-refractivity contribution in [2.45, 2.75) is 19.6 Å². The van der Waals surface area contributed by atoms with E-state index in [9.17, 15) is 9.90 Å². The van der Waals surface area contributed by atoms with Crippen LogP contribution in [0.2, 0.25) is 0 Å². The van der Waals surface area contributed by atoms with E-state index in [0.29, 0.717) is 39.9 Å². The number of rotatable bonds is 9. The van der Waals surface area contributed by atoms with Gasteiger partial charge in [0.2, 0.25) is 0 Å². The average Bonchev–Trinajstić information content (AvgIpc) is 3.07. The molecule has 44 heavy (non-hydrogen) atoms. The lowest BCUT2D eigenvalue weighted by molar-refractivity contribution is 0.0689. The topological polar surface area (TPSA) is 68.7 Å². The maximum atomic E-state index is 12.8. The molecule has 0 fully saturated rings. The first-order chi connectivity index (χ1) is 21.7. The number of carboxylic acid groups (broad SMARTS) is 1. The standard InChI is InChI=1S/C39H29NO4/c41-39(42)36-34(25-29-15-7-2-8-16-29)38(44-27-31-19-11-4-12-20-31)33-24-23-32(22-21-28-13-5-1-6-14-28)37(35(33)40-36)43-26-30-17-9-3-10-18-30/h1-20,23-24H,25-27H2,(H,41,42). The predicted octanol–water partition coefficient (Wildman–Crippen LogP) is 8.08. The second-order valence-corrected chi connectivity index (χ2v) is 10.2. The van der Waals surface area contributed by atoms with Crippen LogP contribution in [0.3, 0.4) is 0 Å². The number of aromatic nitrogens is 1. The van der Waals surface area contributed by atoms with E-state index in [1.807, 2.05) is 133 Å². The van der Waals surface area contributed by atoms with Gasteiger partial charge in [0.15, 0.2) is 11.4 Å². The molecule has 6 aromatic rings. The number of fused-ring (bicyclic) bond motifs is 1. The number of pyridine rings is 1. The summed E-state index contributed by atoms with van der Waals surface area (Å²) < 4.78 is 12.9. The third-order valence-corrected chi connectivity index (χ3v) is 7.15. The SMILES string of the molecule is O=C(O)c1nc2c(OCc3ccccc3)c(C#Cc3ccccc3)ccc2c(OCc2ccccc2)c1Cc1ccccc1. The summed E-state index contributed by atoms with van der Waals surface area (Å²) in [6.45, 7) is 0.520. The molecule has 1 aromatic heterocycles. The number of aromatic carboxylic acids is 1. The molecule has 0 aliphatic rings. The molecule has 0 aliphatic heterocycles. The smallest absolute Gasteiger partial charge is 0.354 e. The molecular weight excluding hydrogens is 546 g/mol. The zero-order valence-electron chi connectivity index (χ0n) is 23.9. The van der Waals surface area contributed by atoms with E-state index < -0.39 is 5.97 Å². The summed E-state index contributed by atoms with van der Waals surface area (Å²) in [5.74, 6) is 6.17. The molecule has 0 radical (unpaired) electrons. The summed E-state index contributed by atoms with van der Waals surface area (Å²) in [6.07, 6.45) is 0.339. The molecular formula is C39H29NO4. The Morgan fingerprint density at radius 1 is 0.614 bits per heavy atom. The van der Waals surface area contributed by atoms with Crippen molar-refractivity contribution in [1.29, 1.82) is 0 Å². The van der Waals surface area contributed by atoms with Crippen LogP contribution in [0.5, 0.6) is 11.5 Å². The van der Waals surface area contributed by atoms with Gasteiger partial charge in [0, 0.05) is 22.9 Å². The minimum Gasteiger partial charge on any atom is -0.488 e. The van der Waals surface area contributed by atoms with E-state index >= 15 is 0 Å². The van der Waals surface area contributed by atoms with Crippen molar-refractivity contribution in [2.24, 2.45) is 0 Å². The molecule has 5 nitrogen and oxygen atoms in total. The molecule has 6 rings (SSSR count). The zero-order valence-corrected chi connectivity index (χ0v) is 23.9. The molecule has 0 spiro atoms. The monoisotopic (exact) mass is 575 g/mol. The maximum absolute atomic E-state index is 12.8. The molecule has 1 N–H and O–H groups in total. The Kier molecular flexibility index (Phi) is 8.62. The molecule has 0 saturated carbocycles. The highest BCUT2D eigenvalue weighted by Crippen LogP contribution is 2.39. The minimum atomic E-state index is -1.14. The first-order valence-corrected chi connectivity index (χ1v) is 14.3. The van der Waals surface area contributed by atoms with Crippen molar-refractivity contribution in [3.63, 3.8) is 0 Å². The summed E-state index contributed by atoms with van der Waals surface area (Å²) >= 11 is 0. The molecule has 0 bridgehead atoms. The number of carbonyl (C=O) groups is 1. The average molecular weight is 576 g/mol. The van der Waals surface area contributed by atoms with Crippen LogP contribution in [0.1, 0.15) is 43.9 Å². The largest absolute Gasteiger partial charge is 0.488 e. The van der Waals surface area contributed by atoms with Crippen LogP contribution in [-0.4, -0.2) is 16.1 Å². The molecule has 214 valence electrons. The fraction of sp³-hybridized carbons (Fsp3) is 0.0769. The van der Waals surface area contributed by atoms with Gasteiger partial charge in [-0.15, -0.1) is 0 Å². The van der Waals surface area contributed by atoms with Gasteiger partial charge in [0.05, 0.1) is 5.56 Å². The van der Waals surface area contributed by atoms with Gasteiger partial charge in [-0.25, -0.2) is 9.78 Å². The summed E-state index contributed by atoms with van der Waals surface area (Å²) in [4.78, 5) is 17.5. The van der Waals surface area contributed by atoms with Crippen molar-refractivity contribution in [3.05, 3.63) is 173 Å². The summed E-state index contributed by atoms with van der Waals surface area (Å²) in [6, 6.07) is 42.8. The Morgan fingerprint density at radius 2 is 1.14 bits per heavy atom. The Hall–Kier alpha value is -5.86. The lowest BCUT2D eigenvalue weighted by Crippen LogP contribution is -2.11. The van der Waals surface area contributed by atoms with Gasteiger partial charge in [0.1, 0.15) is 24.5 Å². The maximum Gasteiger partial charge on any atom is 0.354 e. The molecule has 0 unspecified atom stereocenters. The quantitative estimate of drug-likeness (QED) is 0.177. The van der Waals surface area contributed by atoms with Crippen LogP contribution in [0.25, 0.3) is 10.9 Å². The van der Waals surface area contributed by atoms with Crippen LogP contribution >= 0.6 is 0 Å². The highest BCUT2D eigenvalue weighted by Gasteiger charge is 2.24. The third-order valence-electron chi connectivity index (χ3n) is 7.15. The van der Waals surface area contributed by atoms with Crippen LogP contribution in [0.4, 0.5) is 0 Å². The highest BCUT2D eigenvalue weighted by atomic mass is 16.5. The number of hydrogen-bond acceptors (Lipinski definition) is 4. The highest BCUT2D eigenvalue weighted by molar-refractivity contribution is 5.99. The van der Waals surface area contributed by atoms with E-state index in [0.717, 1.165) is 22.3 Å². The van der Waals surface area contributed by atoms with Gasteiger partial charge in [-0.3, -0.25) is 0 Å². The summed E-state index contributed by atoms with van der Waals surface area (Å²) in [5, 5.41) is 11.1. The summed E-state index contributed by atoms with van der Waals surface area (Å²) in [5.41, 5.74) is 5.14. The lowest BCUT2D eigenvalue weighted by atomic mass is 9.98. The van der Waals surface area contributed by atoms with Gasteiger partial charge in [-0.1, -0.05) is 121 Å². The Bertz CT molecular complexity index is 1950. The van der Waals surface area contributed by atoms with Crippen LogP contribution in [0, 0.1) is 11.8 Å². The van der Waals surface area contributed by atoms with Gasteiger partial charge in [-0.05, 0) is 41.0 Å². The van der Waals surface area contributed by atoms with Crippen molar-refractivity contribution in [1.82, 2.24) is 4.98 Å².